The second-order valence-corrected chi connectivity index (χ2v) is 7.52. The van der Waals surface area contributed by atoms with Gasteiger partial charge in [0, 0.05) is 24.6 Å². The van der Waals surface area contributed by atoms with E-state index < -0.39 is 0 Å². The lowest BCUT2D eigenvalue weighted by molar-refractivity contribution is 0.0950. The standard InChI is InChI=1S/C21H28N4O2/c1-27-18-8-3-2-7-16(18)15-13-17-20(21(26)22-14-15)24-19(23-17)9-6-12-25-10-4-5-11-25/h2-3,7-8,15H,4-6,9-14H2,1H3,(H,22,26)(H,23,24)/t15-/m0/s1. The van der Waals surface area contributed by atoms with E-state index in [1.54, 1.807) is 7.11 Å². The van der Waals surface area contributed by atoms with Crippen LogP contribution in [0.25, 0.3) is 0 Å². The summed E-state index contributed by atoms with van der Waals surface area (Å²) in [7, 11) is 1.69. The topological polar surface area (TPSA) is 70.2 Å². The number of rotatable bonds is 6. The second kappa shape index (κ2) is 8.13. The van der Waals surface area contributed by atoms with Crippen molar-refractivity contribution in [3.63, 3.8) is 0 Å². The maximum absolute atomic E-state index is 12.5. The van der Waals surface area contributed by atoms with Crippen LogP contribution in [0, 0.1) is 0 Å². The van der Waals surface area contributed by atoms with Crippen LogP contribution in [0.1, 0.15) is 52.8 Å². The lowest BCUT2D eigenvalue weighted by atomic mass is 9.93. The van der Waals surface area contributed by atoms with Crippen LogP contribution in [0.15, 0.2) is 24.3 Å². The number of aromatic nitrogens is 2. The van der Waals surface area contributed by atoms with Crippen molar-refractivity contribution in [2.24, 2.45) is 0 Å². The Morgan fingerprint density at radius 1 is 1.26 bits per heavy atom. The molecule has 0 unspecified atom stereocenters. The molecule has 1 aromatic heterocycles. The number of ether oxygens (including phenoxy) is 1. The molecule has 1 atom stereocenters. The number of hydrogen-bond donors (Lipinski definition) is 2. The number of H-pyrrole nitrogens is 1. The number of hydrogen-bond acceptors (Lipinski definition) is 4. The first kappa shape index (κ1) is 18.0. The van der Waals surface area contributed by atoms with E-state index in [1.165, 1.54) is 25.9 Å². The number of carbonyl (C=O) groups excluding carboxylic acids is 1. The van der Waals surface area contributed by atoms with Crippen molar-refractivity contribution in [3.8, 4) is 5.75 Å². The fourth-order valence-corrected chi connectivity index (χ4v) is 4.24. The first-order valence-electron chi connectivity index (χ1n) is 9.96. The largest absolute Gasteiger partial charge is 0.496 e. The summed E-state index contributed by atoms with van der Waals surface area (Å²) < 4.78 is 5.52. The lowest BCUT2D eigenvalue weighted by Gasteiger charge is -2.17. The fourth-order valence-electron chi connectivity index (χ4n) is 4.24. The first-order valence-corrected chi connectivity index (χ1v) is 9.96. The van der Waals surface area contributed by atoms with E-state index in [-0.39, 0.29) is 11.8 Å². The molecule has 2 N–H and O–H groups in total. The van der Waals surface area contributed by atoms with Gasteiger partial charge < -0.3 is 19.9 Å². The molecule has 2 aromatic rings. The third-order valence-corrected chi connectivity index (χ3v) is 5.67. The van der Waals surface area contributed by atoms with Crippen LogP contribution in [0.3, 0.4) is 0 Å². The summed E-state index contributed by atoms with van der Waals surface area (Å²) in [6.45, 7) is 4.14. The van der Waals surface area contributed by atoms with E-state index in [1.807, 2.05) is 18.2 Å². The van der Waals surface area contributed by atoms with E-state index in [9.17, 15) is 4.79 Å². The number of aryl methyl sites for hydroxylation is 1. The smallest absolute Gasteiger partial charge is 0.271 e. The average Bonchev–Trinajstić information content (AvgIpc) is 3.32. The summed E-state index contributed by atoms with van der Waals surface area (Å²) in [6.07, 6.45) is 5.35. The van der Waals surface area contributed by atoms with Gasteiger partial charge >= 0.3 is 0 Å². The minimum absolute atomic E-state index is 0.0792. The number of nitrogens with zero attached hydrogens (tertiary/aromatic N) is 2. The van der Waals surface area contributed by atoms with Crippen molar-refractivity contribution in [2.45, 2.75) is 38.0 Å². The van der Waals surface area contributed by atoms with Gasteiger partial charge in [-0.3, -0.25) is 4.79 Å². The van der Waals surface area contributed by atoms with Gasteiger partial charge in [-0.25, -0.2) is 4.98 Å². The van der Waals surface area contributed by atoms with Crippen LogP contribution in [0.5, 0.6) is 5.75 Å². The summed E-state index contributed by atoms with van der Waals surface area (Å²) in [6, 6.07) is 8.04. The number of fused-ring (bicyclic) bond motifs is 1. The summed E-state index contributed by atoms with van der Waals surface area (Å²) in [4.78, 5) is 23.1. The number of likely N-dealkylation sites (tertiary alicyclic amines) is 1. The van der Waals surface area contributed by atoms with E-state index in [0.717, 1.165) is 48.6 Å². The van der Waals surface area contributed by atoms with Crippen LogP contribution in [0.2, 0.25) is 0 Å². The Bertz CT molecular complexity index is 795. The first-order chi connectivity index (χ1) is 13.2. The van der Waals surface area contributed by atoms with Crippen LogP contribution < -0.4 is 10.1 Å². The van der Waals surface area contributed by atoms with E-state index in [2.05, 4.69) is 26.3 Å². The zero-order valence-corrected chi connectivity index (χ0v) is 16.0. The highest BCUT2D eigenvalue weighted by Gasteiger charge is 2.27. The molecule has 2 aliphatic heterocycles. The Labute approximate surface area is 160 Å². The molecule has 0 radical (unpaired) electrons. The molecule has 2 aliphatic rings. The summed E-state index contributed by atoms with van der Waals surface area (Å²) >= 11 is 0. The molecule has 0 bridgehead atoms. The number of carbonyl (C=O) groups is 1. The molecule has 6 nitrogen and oxygen atoms in total. The molecule has 1 fully saturated rings. The number of para-hydroxylation sites is 1. The summed E-state index contributed by atoms with van der Waals surface area (Å²) in [5.74, 6) is 1.88. The monoisotopic (exact) mass is 368 g/mol. The van der Waals surface area contributed by atoms with Crippen molar-refractivity contribution in [1.82, 2.24) is 20.2 Å². The predicted molar refractivity (Wildman–Crippen MR) is 104 cm³/mol. The Morgan fingerprint density at radius 2 is 2.07 bits per heavy atom. The van der Waals surface area contributed by atoms with Gasteiger partial charge in [-0.05, 0) is 56.9 Å². The molecule has 1 aromatic carbocycles. The van der Waals surface area contributed by atoms with E-state index >= 15 is 0 Å². The SMILES string of the molecule is COc1ccccc1[C@@H]1CNC(=O)c2nc(CCCN3CCCC3)[nH]c2C1. The molecule has 144 valence electrons. The van der Waals surface area contributed by atoms with Gasteiger partial charge in [0.2, 0.25) is 0 Å². The van der Waals surface area contributed by atoms with Crippen LogP contribution in [0.4, 0.5) is 0 Å². The fraction of sp³-hybridized carbons (Fsp3) is 0.524. The molecule has 6 heteroatoms. The molecule has 1 amide bonds. The summed E-state index contributed by atoms with van der Waals surface area (Å²) in [5, 5.41) is 3.03. The van der Waals surface area contributed by atoms with Gasteiger partial charge in [0.1, 0.15) is 17.3 Å². The number of methoxy groups -OCH3 is 1. The van der Waals surface area contributed by atoms with Gasteiger partial charge in [0.25, 0.3) is 5.91 Å². The van der Waals surface area contributed by atoms with Crippen molar-refractivity contribution in [2.75, 3.05) is 33.3 Å². The molecular weight excluding hydrogens is 340 g/mol. The Hall–Kier alpha value is -2.34. The molecule has 4 rings (SSSR count). The van der Waals surface area contributed by atoms with Crippen molar-refractivity contribution in [1.29, 1.82) is 0 Å². The maximum Gasteiger partial charge on any atom is 0.271 e. The lowest BCUT2D eigenvalue weighted by Crippen LogP contribution is -2.26. The minimum atomic E-state index is -0.0792. The van der Waals surface area contributed by atoms with Crippen LogP contribution >= 0.6 is 0 Å². The van der Waals surface area contributed by atoms with Crippen LogP contribution in [-0.2, 0) is 12.8 Å². The second-order valence-electron chi connectivity index (χ2n) is 7.52. The van der Waals surface area contributed by atoms with Gasteiger partial charge in [0.15, 0.2) is 0 Å². The van der Waals surface area contributed by atoms with Crippen molar-refractivity contribution < 1.29 is 9.53 Å². The molecule has 0 aliphatic carbocycles. The predicted octanol–water partition coefficient (Wildman–Crippen LogP) is 2.52. The minimum Gasteiger partial charge on any atom is -0.496 e. The zero-order chi connectivity index (χ0) is 18.6. The zero-order valence-electron chi connectivity index (χ0n) is 16.0. The average molecular weight is 368 g/mol. The van der Waals surface area contributed by atoms with Crippen LogP contribution in [-0.4, -0.2) is 54.1 Å². The van der Waals surface area contributed by atoms with Gasteiger partial charge in [-0.2, -0.15) is 0 Å². The Kier molecular flexibility index (Phi) is 5.43. The third kappa shape index (κ3) is 4.00. The van der Waals surface area contributed by atoms with E-state index in [0.29, 0.717) is 12.2 Å². The molecular formula is C21H28N4O2. The summed E-state index contributed by atoms with van der Waals surface area (Å²) in [5.41, 5.74) is 2.62. The number of amides is 1. The number of benzene rings is 1. The maximum atomic E-state index is 12.5. The molecule has 0 saturated carbocycles. The quantitative estimate of drug-likeness (QED) is 0.822. The van der Waals surface area contributed by atoms with Gasteiger partial charge in [-0.15, -0.1) is 0 Å². The number of nitrogens with one attached hydrogen (secondary N) is 2. The van der Waals surface area contributed by atoms with Gasteiger partial charge in [0.05, 0.1) is 7.11 Å². The normalized spacial score (nSPS) is 20.2. The van der Waals surface area contributed by atoms with E-state index in [4.69, 9.17) is 4.74 Å². The molecule has 3 heterocycles. The number of aromatic amines is 1. The van der Waals surface area contributed by atoms with Gasteiger partial charge in [-0.1, -0.05) is 18.2 Å². The number of imidazole rings is 1. The highest BCUT2D eigenvalue weighted by Crippen LogP contribution is 2.30. The highest BCUT2D eigenvalue weighted by molar-refractivity contribution is 5.94. The molecule has 27 heavy (non-hydrogen) atoms. The molecule has 0 spiro atoms. The Morgan fingerprint density at radius 3 is 2.89 bits per heavy atom. The van der Waals surface area contributed by atoms with Crippen molar-refractivity contribution >= 4 is 5.91 Å². The van der Waals surface area contributed by atoms with Crippen molar-refractivity contribution in [3.05, 3.63) is 47.0 Å². The Balaban J connectivity index is 1.47. The third-order valence-electron chi connectivity index (χ3n) is 5.67. The highest BCUT2D eigenvalue weighted by atomic mass is 16.5. The molecule has 1 saturated heterocycles.